The summed E-state index contributed by atoms with van der Waals surface area (Å²) < 4.78 is 5.21. The van der Waals surface area contributed by atoms with Crippen LogP contribution >= 0.6 is 0 Å². The molecule has 0 bridgehead atoms. The Balaban J connectivity index is 1.50. The first kappa shape index (κ1) is 19.4. The number of carbonyl (C=O) groups is 1. The van der Waals surface area contributed by atoms with Crippen LogP contribution in [0.15, 0.2) is 47.0 Å². The van der Waals surface area contributed by atoms with Crippen molar-refractivity contribution in [3.8, 4) is 11.3 Å². The predicted octanol–water partition coefficient (Wildman–Crippen LogP) is 4.61. The average Bonchev–Trinajstić information content (AvgIpc) is 3.06. The zero-order valence-electron chi connectivity index (χ0n) is 17.3. The molecule has 0 radical (unpaired) electrons. The molecule has 29 heavy (non-hydrogen) atoms. The Morgan fingerprint density at radius 1 is 1.17 bits per heavy atom. The van der Waals surface area contributed by atoms with Gasteiger partial charge in [0, 0.05) is 35.8 Å². The summed E-state index contributed by atoms with van der Waals surface area (Å²) in [6.45, 7) is 7.36. The van der Waals surface area contributed by atoms with Gasteiger partial charge in [-0.25, -0.2) is 0 Å². The number of nitrogens with zero attached hydrogens (tertiary/aromatic N) is 3. The van der Waals surface area contributed by atoms with Crippen LogP contribution in [0.25, 0.3) is 11.3 Å². The fourth-order valence-electron chi connectivity index (χ4n) is 4.11. The molecule has 1 aromatic carbocycles. The van der Waals surface area contributed by atoms with Gasteiger partial charge in [0.25, 0.3) is 0 Å². The van der Waals surface area contributed by atoms with Crippen LogP contribution < -0.4 is 0 Å². The zero-order valence-corrected chi connectivity index (χ0v) is 17.3. The Hall–Kier alpha value is -2.95. The molecular formula is C24H27N3O2. The Bertz CT molecular complexity index is 1000. The molecule has 1 amide bonds. The van der Waals surface area contributed by atoms with Crippen molar-refractivity contribution in [2.24, 2.45) is 0 Å². The fourth-order valence-corrected chi connectivity index (χ4v) is 4.11. The molecule has 1 atom stereocenters. The third kappa shape index (κ3) is 4.24. The molecule has 0 saturated carbocycles. The number of likely N-dealkylation sites (tertiary alicyclic amines) is 1. The van der Waals surface area contributed by atoms with Gasteiger partial charge in [0.15, 0.2) is 0 Å². The summed E-state index contributed by atoms with van der Waals surface area (Å²) in [5.74, 6) is 1.14. The van der Waals surface area contributed by atoms with Gasteiger partial charge in [-0.2, -0.15) is 0 Å². The van der Waals surface area contributed by atoms with Crippen LogP contribution in [-0.4, -0.2) is 34.0 Å². The third-order valence-corrected chi connectivity index (χ3v) is 5.79. The number of aryl methyl sites for hydroxylation is 3. The SMILES string of the molecule is Cc1cccc(-c2cccc([C@@H]3CCCN(C(=O)Cc4c(C)noc4C)C3)n2)c1. The van der Waals surface area contributed by atoms with Crippen molar-refractivity contribution in [2.45, 2.75) is 46.0 Å². The van der Waals surface area contributed by atoms with Crippen molar-refractivity contribution in [2.75, 3.05) is 13.1 Å². The van der Waals surface area contributed by atoms with Crippen molar-refractivity contribution in [3.05, 3.63) is 70.7 Å². The monoisotopic (exact) mass is 389 g/mol. The second-order valence-corrected chi connectivity index (χ2v) is 7.98. The van der Waals surface area contributed by atoms with Gasteiger partial charge in [0.05, 0.1) is 17.8 Å². The highest BCUT2D eigenvalue weighted by atomic mass is 16.5. The second kappa shape index (κ2) is 8.19. The van der Waals surface area contributed by atoms with Gasteiger partial charge in [-0.1, -0.05) is 35.0 Å². The van der Waals surface area contributed by atoms with Crippen LogP contribution in [0.3, 0.4) is 0 Å². The largest absolute Gasteiger partial charge is 0.361 e. The Morgan fingerprint density at radius 3 is 2.76 bits per heavy atom. The van der Waals surface area contributed by atoms with E-state index in [9.17, 15) is 4.79 Å². The van der Waals surface area contributed by atoms with Gasteiger partial charge in [0.1, 0.15) is 5.76 Å². The Morgan fingerprint density at radius 2 is 2.00 bits per heavy atom. The lowest BCUT2D eigenvalue weighted by atomic mass is 9.93. The van der Waals surface area contributed by atoms with E-state index in [2.05, 4.69) is 54.5 Å². The summed E-state index contributed by atoms with van der Waals surface area (Å²) in [6.07, 6.45) is 2.40. The summed E-state index contributed by atoms with van der Waals surface area (Å²) >= 11 is 0. The molecule has 4 rings (SSSR count). The normalized spacial score (nSPS) is 16.8. The number of amides is 1. The van der Waals surface area contributed by atoms with Crippen molar-refractivity contribution >= 4 is 5.91 Å². The van der Waals surface area contributed by atoms with E-state index in [4.69, 9.17) is 9.51 Å². The van der Waals surface area contributed by atoms with Crippen molar-refractivity contribution in [1.82, 2.24) is 15.0 Å². The number of pyridine rings is 1. The van der Waals surface area contributed by atoms with Crippen LogP contribution in [-0.2, 0) is 11.2 Å². The Labute approximate surface area is 171 Å². The minimum atomic E-state index is 0.138. The number of rotatable bonds is 4. The topological polar surface area (TPSA) is 59.2 Å². The molecule has 3 aromatic rings. The standard InChI is InChI=1S/C24H27N3O2/c1-16-7-4-8-19(13-16)22-10-5-11-23(25-22)20-9-6-12-27(15-20)24(28)14-21-17(2)26-29-18(21)3/h4-5,7-8,10-11,13,20H,6,9,12,14-15H2,1-3H3/t20-/m1/s1. The molecule has 2 aromatic heterocycles. The summed E-state index contributed by atoms with van der Waals surface area (Å²) in [7, 11) is 0. The Kier molecular flexibility index (Phi) is 5.47. The average molecular weight is 389 g/mol. The highest BCUT2D eigenvalue weighted by molar-refractivity contribution is 5.79. The number of aromatic nitrogens is 2. The van der Waals surface area contributed by atoms with Crippen LogP contribution in [0.4, 0.5) is 0 Å². The van der Waals surface area contributed by atoms with E-state index in [0.29, 0.717) is 13.0 Å². The zero-order chi connectivity index (χ0) is 20.4. The number of benzene rings is 1. The van der Waals surface area contributed by atoms with Gasteiger partial charge in [-0.3, -0.25) is 9.78 Å². The maximum atomic E-state index is 12.9. The molecule has 0 spiro atoms. The second-order valence-electron chi connectivity index (χ2n) is 7.98. The summed E-state index contributed by atoms with van der Waals surface area (Å²) in [6, 6.07) is 14.6. The molecule has 1 aliphatic rings. The molecule has 5 nitrogen and oxygen atoms in total. The van der Waals surface area contributed by atoms with Crippen LogP contribution in [0, 0.1) is 20.8 Å². The highest BCUT2D eigenvalue weighted by Gasteiger charge is 2.27. The van der Waals surface area contributed by atoms with E-state index in [1.807, 2.05) is 18.7 Å². The summed E-state index contributed by atoms with van der Waals surface area (Å²) in [4.78, 5) is 19.8. The lowest BCUT2D eigenvalue weighted by molar-refractivity contribution is -0.131. The molecule has 1 fully saturated rings. The predicted molar refractivity (Wildman–Crippen MR) is 113 cm³/mol. The maximum Gasteiger partial charge on any atom is 0.227 e. The number of carbonyl (C=O) groups excluding carboxylic acids is 1. The third-order valence-electron chi connectivity index (χ3n) is 5.79. The lowest BCUT2D eigenvalue weighted by Gasteiger charge is -2.32. The number of piperidine rings is 1. The molecule has 1 saturated heterocycles. The minimum Gasteiger partial charge on any atom is -0.361 e. The first-order chi connectivity index (χ1) is 14.0. The van der Waals surface area contributed by atoms with Gasteiger partial charge in [0.2, 0.25) is 5.91 Å². The molecule has 0 unspecified atom stereocenters. The smallest absolute Gasteiger partial charge is 0.227 e. The summed E-state index contributed by atoms with van der Waals surface area (Å²) in [5.41, 5.74) is 6.13. The lowest BCUT2D eigenvalue weighted by Crippen LogP contribution is -2.40. The van der Waals surface area contributed by atoms with E-state index in [1.54, 1.807) is 0 Å². The van der Waals surface area contributed by atoms with Crippen molar-refractivity contribution in [1.29, 1.82) is 0 Å². The highest BCUT2D eigenvalue weighted by Crippen LogP contribution is 2.28. The molecule has 0 N–H and O–H groups in total. The molecule has 1 aliphatic heterocycles. The minimum absolute atomic E-state index is 0.138. The van der Waals surface area contributed by atoms with Gasteiger partial charge >= 0.3 is 0 Å². The number of hydrogen-bond acceptors (Lipinski definition) is 4. The van der Waals surface area contributed by atoms with E-state index in [1.165, 1.54) is 5.56 Å². The fraction of sp³-hybridized carbons (Fsp3) is 0.375. The first-order valence-electron chi connectivity index (χ1n) is 10.2. The van der Waals surface area contributed by atoms with Crippen LogP contribution in [0.5, 0.6) is 0 Å². The van der Waals surface area contributed by atoms with Gasteiger partial charge < -0.3 is 9.42 Å². The van der Waals surface area contributed by atoms with Gasteiger partial charge in [-0.05, 0) is 51.8 Å². The molecule has 0 aliphatic carbocycles. The van der Waals surface area contributed by atoms with Crippen LogP contribution in [0.2, 0.25) is 0 Å². The molecular weight excluding hydrogens is 362 g/mol. The van der Waals surface area contributed by atoms with Gasteiger partial charge in [-0.15, -0.1) is 0 Å². The quantitative estimate of drug-likeness (QED) is 0.654. The van der Waals surface area contributed by atoms with Crippen molar-refractivity contribution in [3.63, 3.8) is 0 Å². The summed E-state index contributed by atoms with van der Waals surface area (Å²) in [5, 5.41) is 3.97. The first-order valence-corrected chi connectivity index (χ1v) is 10.2. The van der Waals surface area contributed by atoms with E-state index in [-0.39, 0.29) is 11.8 Å². The number of hydrogen-bond donors (Lipinski definition) is 0. The maximum absolute atomic E-state index is 12.9. The van der Waals surface area contributed by atoms with E-state index < -0.39 is 0 Å². The van der Waals surface area contributed by atoms with Crippen molar-refractivity contribution < 1.29 is 9.32 Å². The molecule has 150 valence electrons. The molecule has 3 heterocycles. The molecule has 5 heteroatoms. The van der Waals surface area contributed by atoms with E-state index >= 15 is 0 Å². The van der Waals surface area contributed by atoms with E-state index in [0.717, 1.165) is 53.4 Å². The van der Waals surface area contributed by atoms with Crippen LogP contribution in [0.1, 0.15) is 47.0 Å².